The zero-order valence-electron chi connectivity index (χ0n) is 12.3. The number of hydrogen-bond acceptors (Lipinski definition) is 2. The molecule has 0 atom stereocenters. The molecule has 3 nitrogen and oxygen atoms in total. The van der Waals surface area contributed by atoms with Crippen molar-refractivity contribution in [3.8, 4) is 0 Å². The monoisotopic (exact) mass is 279 g/mol. The van der Waals surface area contributed by atoms with Crippen LogP contribution in [0.3, 0.4) is 0 Å². The van der Waals surface area contributed by atoms with Crippen molar-refractivity contribution in [1.29, 1.82) is 0 Å². The summed E-state index contributed by atoms with van der Waals surface area (Å²) >= 11 is 5.28. The van der Waals surface area contributed by atoms with E-state index in [1.165, 1.54) is 0 Å². The summed E-state index contributed by atoms with van der Waals surface area (Å²) in [4.78, 5) is 2.44. The van der Waals surface area contributed by atoms with Crippen LogP contribution in [0.2, 0.25) is 0 Å². The fourth-order valence-corrected chi connectivity index (χ4v) is 2.33. The number of para-hydroxylation sites is 1. The van der Waals surface area contributed by atoms with E-state index in [1.54, 1.807) is 0 Å². The van der Waals surface area contributed by atoms with Gasteiger partial charge < -0.3 is 10.6 Å². The molecule has 0 aliphatic carbocycles. The van der Waals surface area contributed by atoms with E-state index >= 15 is 0 Å². The van der Waals surface area contributed by atoms with Gasteiger partial charge in [-0.1, -0.05) is 18.2 Å². The second-order valence-electron chi connectivity index (χ2n) is 5.17. The van der Waals surface area contributed by atoms with Crippen LogP contribution in [0.5, 0.6) is 0 Å². The number of thiocarbonyl (C=S) groups is 1. The van der Waals surface area contributed by atoms with E-state index in [9.17, 15) is 0 Å². The van der Waals surface area contributed by atoms with Gasteiger partial charge in [0.05, 0.1) is 0 Å². The molecule has 0 spiro atoms. The third kappa shape index (κ3) is 6.03. The van der Waals surface area contributed by atoms with E-state index in [4.69, 9.17) is 12.2 Å². The molecule has 1 rings (SSSR count). The van der Waals surface area contributed by atoms with Gasteiger partial charge in [-0.25, -0.2) is 0 Å². The first kappa shape index (κ1) is 15.9. The molecule has 1 aromatic carbocycles. The normalized spacial score (nSPS) is 11.1. The van der Waals surface area contributed by atoms with Crippen LogP contribution in [-0.4, -0.2) is 35.2 Å². The molecule has 0 saturated carbocycles. The first-order valence-corrected chi connectivity index (χ1v) is 7.27. The molecule has 0 aromatic heterocycles. The van der Waals surface area contributed by atoms with Crippen LogP contribution in [0.25, 0.3) is 0 Å². The van der Waals surface area contributed by atoms with Crippen LogP contribution < -0.4 is 10.6 Å². The fraction of sp³-hybridized carbons (Fsp3) is 0.533. The van der Waals surface area contributed by atoms with E-state index in [0.29, 0.717) is 17.2 Å². The SMILES string of the molecule is CC(C)N(CCNC(=S)Nc1ccccc1)C(C)C. The van der Waals surface area contributed by atoms with Crippen LogP contribution in [0.4, 0.5) is 5.69 Å². The van der Waals surface area contributed by atoms with E-state index in [-0.39, 0.29) is 0 Å². The minimum Gasteiger partial charge on any atom is -0.361 e. The number of anilines is 1. The summed E-state index contributed by atoms with van der Waals surface area (Å²) in [6, 6.07) is 11.1. The Balaban J connectivity index is 2.31. The molecule has 4 heteroatoms. The lowest BCUT2D eigenvalue weighted by Crippen LogP contribution is -2.43. The summed E-state index contributed by atoms with van der Waals surface area (Å²) in [5.74, 6) is 0. The van der Waals surface area contributed by atoms with Crippen LogP contribution in [0, 0.1) is 0 Å². The predicted octanol–water partition coefficient (Wildman–Crippen LogP) is 3.09. The van der Waals surface area contributed by atoms with Crippen molar-refractivity contribution in [2.75, 3.05) is 18.4 Å². The van der Waals surface area contributed by atoms with Crippen molar-refractivity contribution in [3.05, 3.63) is 30.3 Å². The minimum atomic E-state index is 0.553. The van der Waals surface area contributed by atoms with Crippen LogP contribution >= 0.6 is 12.2 Å². The largest absolute Gasteiger partial charge is 0.361 e. The molecule has 2 N–H and O–H groups in total. The molecule has 1 aromatic rings. The average molecular weight is 279 g/mol. The number of rotatable bonds is 6. The van der Waals surface area contributed by atoms with Gasteiger partial charge in [0.2, 0.25) is 0 Å². The Bertz CT molecular complexity index is 368. The molecule has 0 bridgehead atoms. The molecule has 0 heterocycles. The summed E-state index contributed by atoms with van der Waals surface area (Å²) in [5.41, 5.74) is 1.02. The quantitative estimate of drug-likeness (QED) is 0.783. The third-order valence-corrected chi connectivity index (χ3v) is 3.26. The fourth-order valence-electron chi connectivity index (χ4n) is 2.11. The highest BCUT2D eigenvalue weighted by Crippen LogP contribution is 2.05. The molecule has 0 aliphatic rings. The summed E-state index contributed by atoms with van der Waals surface area (Å²) in [6.07, 6.45) is 0. The molecular weight excluding hydrogens is 254 g/mol. The van der Waals surface area contributed by atoms with E-state index in [1.807, 2.05) is 30.3 Å². The Hall–Kier alpha value is -1.13. The highest BCUT2D eigenvalue weighted by molar-refractivity contribution is 7.80. The number of hydrogen-bond donors (Lipinski definition) is 2. The maximum absolute atomic E-state index is 5.28. The van der Waals surface area contributed by atoms with Gasteiger partial charge >= 0.3 is 0 Å². The second-order valence-corrected chi connectivity index (χ2v) is 5.58. The molecule has 106 valence electrons. The Morgan fingerprint density at radius 1 is 1.11 bits per heavy atom. The Morgan fingerprint density at radius 2 is 1.68 bits per heavy atom. The van der Waals surface area contributed by atoms with Crippen LogP contribution in [0.15, 0.2) is 30.3 Å². The molecule has 19 heavy (non-hydrogen) atoms. The first-order chi connectivity index (χ1) is 9.00. The molecule has 0 radical (unpaired) electrons. The zero-order chi connectivity index (χ0) is 14.3. The molecule has 0 amide bonds. The second kappa shape index (κ2) is 8.12. The summed E-state index contributed by atoms with van der Waals surface area (Å²) in [7, 11) is 0. The summed E-state index contributed by atoms with van der Waals surface area (Å²) in [5, 5.41) is 7.11. The molecule has 0 unspecified atom stereocenters. The maximum atomic E-state index is 5.28. The minimum absolute atomic E-state index is 0.553. The highest BCUT2D eigenvalue weighted by atomic mass is 32.1. The molecule has 0 fully saturated rings. The molecular formula is C15H25N3S. The maximum Gasteiger partial charge on any atom is 0.170 e. The van der Waals surface area contributed by atoms with Crippen molar-refractivity contribution in [1.82, 2.24) is 10.2 Å². The van der Waals surface area contributed by atoms with E-state index in [0.717, 1.165) is 18.8 Å². The Kier molecular flexibility index (Phi) is 6.81. The van der Waals surface area contributed by atoms with Gasteiger partial charge in [0.15, 0.2) is 5.11 Å². The van der Waals surface area contributed by atoms with Gasteiger partial charge in [0.1, 0.15) is 0 Å². The van der Waals surface area contributed by atoms with E-state index in [2.05, 4.69) is 43.2 Å². The van der Waals surface area contributed by atoms with Crippen LogP contribution in [0.1, 0.15) is 27.7 Å². The third-order valence-electron chi connectivity index (χ3n) is 3.01. The highest BCUT2D eigenvalue weighted by Gasteiger charge is 2.12. The molecule has 0 aliphatic heterocycles. The lowest BCUT2D eigenvalue weighted by atomic mass is 10.2. The smallest absolute Gasteiger partial charge is 0.170 e. The van der Waals surface area contributed by atoms with Gasteiger partial charge in [-0.2, -0.15) is 0 Å². The number of nitrogens with one attached hydrogen (secondary N) is 2. The van der Waals surface area contributed by atoms with Crippen molar-refractivity contribution in [3.63, 3.8) is 0 Å². The molecule has 0 saturated heterocycles. The average Bonchev–Trinajstić information content (AvgIpc) is 2.34. The number of nitrogens with zero attached hydrogens (tertiary/aromatic N) is 1. The predicted molar refractivity (Wildman–Crippen MR) is 87.6 cm³/mol. The van der Waals surface area contributed by atoms with Crippen LogP contribution in [-0.2, 0) is 0 Å². The zero-order valence-corrected chi connectivity index (χ0v) is 13.1. The first-order valence-electron chi connectivity index (χ1n) is 6.86. The van der Waals surface area contributed by atoms with Crippen molar-refractivity contribution in [2.24, 2.45) is 0 Å². The van der Waals surface area contributed by atoms with Gasteiger partial charge in [0.25, 0.3) is 0 Å². The number of benzene rings is 1. The summed E-state index contributed by atoms with van der Waals surface area (Å²) < 4.78 is 0. The standard InChI is InChI=1S/C15H25N3S/c1-12(2)18(13(3)4)11-10-16-15(19)17-14-8-6-5-7-9-14/h5-9,12-13H,10-11H2,1-4H3,(H2,16,17,19). The lowest BCUT2D eigenvalue weighted by molar-refractivity contribution is 0.178. The summed E-state index contributed by atoms with van der Waals surface area (Å²) in [6.45, 7) is 10.7. The topological polar surface area (TPSA) is 27.3 Å². The van der Waals surface area contributed by atoms with Crippen molar-refractivity contribution >= 4 is 23.0 Å². The van der Waals surface area contributed by atoms with Gasteiger partial charge in [0, 0.05) is 30.9 Å². The Morgan fingerprint density at radius 3 is 2.21 bits per heavy atom. The lowest BCUT2D eigenvalue weighted by Gasteiger charge is -2.30. The van der Waals surface area contributed by atoms with Gasteiger partial charge in [-0.3, -0.25) is 4.90 Å². The van der Waals surface area contributed by atoms with Crippen molar-refractivity contribution < 1.29 is 0 Å². The van der Waals surface area contributed by atoms with Gasteiger partial charge in [-0.05, 0) is 52.0 Å². The van der Waals surface area contributed by atoms with Crippen molar-refractivity contribution in [2.45, 2.75) is 39.8 Å². The van der Waals surface area contributed by atoms with Gasteiger partial charge in [-0.15, -0.1) is 0 Å². The Labute approximate surface area is 122 Å². The van der Waals surface area contributed by atoms with E-state index < -0.39 is 0 Å².